The highest BCUT2D eigenvalue weighted by Gasteiger charge is 2.37. The lowest BCUT2D eigenvalue weighted by molar-refractivity contribution is -0.135. The van der Waals surface area contributed by atoms with Gasteiger partial charge in [-0.05, 0) is 17.7 Å². The van der Waals surface area contributed by atoms with Crippen LogP contribution >= 0.6 is 0 Å². The van der Waals surface area contributed by atoms with E-state index < -0.39 is 28.8 Å². The molecule has 1 atom stereocenters. The first-order valence-corrected chi connectivity index (χ1v) is 10.7. The van der Waals surface area contributed by atoms with Gasteiger partial charge < -0.3 is 28.8 Å². The van der Waals surface area contributed by atoms with Crippen molar-refractivity contribution < 1.29 is 33.6 Å². The smallest absolute Gasteiger partial charge is 0.312 e. The van der Waals surface area contributed by atoms with Crippen molar-refractivity contribution in [2.45, 2.75) is 12.3 Å². The van der Waals surface area contributed by atoms with E-state index in [0.29, 0.717) is 41.4 Å². The standard InChI is InChI=1S/C26H18O8/c27-16-12-18(13-4-2-1-3-5-13)33-25-21-15(14-6-7-17-19(10-14)32-9-8-31-17)11-20(28)34-26(21)24(30)23(29)22(16)25/h1-7,10,12,15,29-30H,8-9,11H2. The molecule has 0 saturated carbocycles. The van der Waals surface area contributed by atoms with E-state index in [1.165, 1.54) is 6.07 Å². The maximum absolute atomic E-state index is 13.1. The normalized spacial score (nSPS) is 16.7. The third-order valence-electron chi connectivity index (χ3n) is 6.08. The van der Waals surface area contributed by atoms with Crippen molar-refractivity contribution in [1.29, 1.82) is 0 Å². The number of carbonyl (C=O) groups excluding carboxylic acids is 1. The Morgan fingerprint density at radius 3 is 2.41 bits per heavy atom. The summed E-state index contributed by atoms with van der Waals surface area (Å²) in [6.07, 6.45) is -0.0643. The van der Waals surface area contributed by atoms with Gasteiger partial charge in [-0.25, -0.2) is 0 Å². The van der Waals surface area contributed by atoms with Crippen LogP contribution in [0, 0.1) is 0 Å². The summed E-state index contributed by atoms with van der Waals surface area (Å²) < 4.78 is 22.8. The summed E-state index contributed by atoms with van der Waals surface area (Å²) in [5.41, 5.74) is 1.15. The number of ether oxygens (including phenoxy) is 3. The highest BCUT2D eigenvalue weighted by molar-refractivity contribution is 5.96. The molecule has 6 rings (SSSR count). The van der Waals surface area contributed by atoms with Gasteiger partial charge in [-0.1, -0.05) is 36.4 Å². The quantitative estimate of drug-likeness (QED) is 0.262. The monoisotopic (exact) mass is 458 g/mol. The summed E-state index contributed by atoms with van der Waals surface area (Å²) >= 11 is 0. The van der Waals surface area contributed by atoms with Crippen LogP contribution < -0.4 is 19.6 Å². The summed E-state index contributed by atoms with van der Waals surface area (Å²) in [5, 5.41) is 21.1. The summed E-state index contributed by atoms with van der Waals surface area (Å²) in [6.45, 7) is 0.836. The number of rotatable bonds is 2. The minimum atomic E-state index is -0.697. The Bertz CT molecular complexity index is 1520. The van der Waals surface area contributed by atoms with E-state index >= 15 is 0 Å². The molecule has 1 aromatic heterocycles. The number of esters is 1. The van der Waals surface area contributed by atoms with Gasteiger partial charge in [-0.15, -0.1) is 0 Å². The maximum Gasteiger partial charge on any atom is 0.312 e. The van der Waals surface area contributed by atoms with Gasteiger partial charge in [-0.2, -0.15) is 0 Å². The number of phenolic OH excluding ortho intramolecular Hbond substituents is 2. The Kier molecular flexibility index (Phi) is 4.48. The molecular formula is C26H18O8. The molecule has 2 aliphatic heterocycles. The van der Waals surface area contributed by atoms with E-state index in [1.807, 2.05) is 18.2 Å². The van der Waals surface area contributed by atoms with Crippen LogP contribution in [0.25, 0.3) is 22.3 Å². The first-order chi connectivity index (χ1) is 16.5. The zero-order chi connectivity index (χ0) is 23.4. The van der Waals surface area contributed by atoms with Crippen molar-refractivity contribution in [3.05, 3.63) is 75.9 Å². The molecule has 0 spiro atoms. The predicted octanol–water partition coefficient (Wildman–Crippen LogP) is 4.08. The Labute approximate surface area is 192 Å². The molecule has 8 heteroatoms. The molecule has 1 unspecified atom stereocenters. The number of benzene rings is 3. The van der Waals surface area contributed by atoms with Gasteiger partial charge in [0.1, 0.15) is 29.9 Å². The third-order valence-corrected chi connectivity index (χ3v) is 6.08. The molecule has 0 radical (unpaired) electrons. The second kappa shape index (κ2) is 7.55. The predicted molar refractivity (Wildman–Crippen MR) is 121 cm³/mol. The molecule has 0 aliphatic carbocycles. The van der Waals surface area contributed by atoms with Crippen LogP contribution in [0.15, 0.2) is 63.8 Å². The summed E-state index contributed by atoms with van der Waals surface area (Å²) in [5.74, 6) is -1.43. The van der Waals surface area contributed by atoms with Crippen LogP contribution in [0.2, 0.25) is 0 Å². The maximum atomic E-state index is 13.1. The van der Waals surface area contributed by atoms with Gasteiger partial charge in [0.15, 0.2) is 28.4 Å². The number of phenols is 2. The first-order valence-electron chi connectivity index (χ1n) is 10.7. The molecule has 0 bridgehead atoms. The van der Waals surface area contributed by atoms with Gasteiger partial charge >= 0.3 is 5.97 Å². The van der Waals surface area contributed by atoms with Crippen LogP contribution in [0.3, 0.4) is 0 Å². The molecule has 0 amide bonds. The fourth-order valence-electron chi connectivity index (χ4n) is 4.51. The van der Waals surface area contributed by atoms with E-state index in [1.54, 1.807) is 30.3 Å². The lowest BCUT2D eigenvalue weighted by atomic mass is 9.84. The fraction of sp³-hybridized carbons (Fsp3) is 0.154. The lowest BCUT2D eigenvalue weighted by Crippen LogP contribution is -2.22. The van der Waals surface area contributed by atoms with Crippen LogP contribution in [-0.4, -0.2) is 29.4 Å². The topological polar surface area (TPSA) is 115 Å². The summed E-state index contributed by atoms with van der Waals surface area (Å²) in [4.78, 5) is 25.5. The van der Waals surface area contributed by atoms with Gasteiger partial charge in [0, 0.05) is 17.5 Å². The van der Waals surface area contributed by atoms with Gasteiger partial charge in [0.2, 0.25) is 5.75 Å². The molecule has 4 aromatic rings. The minimum Gasteiger partial charge on any atom is -0.504 e. The Hall–Kier alpha value is -4.46. The number of carbonyl (C=O) groups is 1. The van der Waals surface area contributed by atoms with E-state index in [0.717, 1.165) is 0 Å². The number of fused-ring (bicyclic) bond motifs is 4. The van der Waals surface area contributed by atoms with Crippen LogP contribution in [0.4, 0.5) is 0 Å². The van der Waals surface area contributed by atoms with E-state index in [9.17, 15) is 19.8 Å². The van der Waals surface area contributed by atoms with Crippen molar-refractivity contribution in [3.63, 3.8) is 0 Å². The molecule has 3 heterocycles. The fourth-order valence-corrected chi connectivity index (χ4v) is 4.51. The Morgan fingerprint density at radius 1 is 0.853 bits per heavy atom. The highest BCUT2D eigenvalue weighted by atomic mass is 16.6. The molecule has 2 aliphatic rings. The average Bonchev–Trinajstić information content (AvgIpc) is 2.86. The van der Waals surface area contributed by atoms with Crippen LogP contribution in [0.5, 0.6) is 28.7 Å². The third kappa shape index (κ3) is 3.07. The molecule has 2 N–H and O–H groups in total. The number of hydrogen-bond donors (Lipinski definition) is 2. The zero-order valence-electron chi connectivity index (χ0n) is 17.7. The molecule has 170 valence electrons. The number of aromatic hydroxyl groups is 2. The Morgan fingerprint density at radius 2 is 1.62 bits per heavy atom. The molecule has 8 nitrogen and oxygen atoms in total. The van der Waals surface area contributed by atoms with Gasteiger partial charge in [-0.3, -0.25) is 9.59 Å². The van der Waals surface area contributed by atoms with Crippen LogP contribution in [-0.2, 0) is 4.79 Å². The van der Waals surface area contributed by atoms with E-state index in [2.05, 4.69) is 0 Å². The molecular weight excluding hydrogens is 440 g/mol. The van der Waals surface area contributed by atoms with E-state index in [4.69, 9.17) is 18.6 Å². The second-order valence-corrected chi connectivity index (χ2v) is 8.12. The van der Waals surface area contributed by atoms with Crippen molar-refractivity contribution in [3.8, 4) is 40.1 Å². The minimum absolute atomic E-state index is 0.0454. The molecule has 0 fully saturated rings. The zero-order valence-corrected chi connectivity index (χ0v) is 17.7. The van der Waals surface area contributed by atoms with Crippen molar-refractivity contribution >= 4 is 16.9 Å². The van der Waals surface area contributed by atoms with Gasteiger partial charge in [0.25, 0.3) is 0 Å². The molecule has 34 heavy (non-hydrogen) atoms. The number of hydrogen-bond acceptors (Lipinski definition) is 8. The second-order valence-electron chi connectivity index (χ2n) is 8.12. The van der Waals surface area contributed by atoms with Crippen molar-refractivity contribution in [2.24, 2.45) is 0 Å². The molecule has 3 aromatic carbocycles. The van der Waals surface area contributed by atoms with Crippen molar-refractivity contribution in [1.82, 2.24) is 0 Å². The molecule has 0 saturated heterocycles. The summed E-state index contributed by atoms with van der Waals surface area (Å²) in [7, 11) is 0. The van der Waals surface area contributed by atoms with E-state index in [-0.39, 0.29) is 28.9 Å². The highest BCUT2D eigenvalue weighted by Crippen LogP contribution is 2.52. The van der Waals surface area contributed by atoms with Gasteiger partial charge in [0.05, 0.1) is 12.0 Å². The average molecular weight is 458 g/mol. The Balaban J connectivity index is 1.65. The van der Waals surface area contributed by atoms with Crippen LogP contribution in [0.1, 0.15) is 23.5 Å². The SMILES string of the molecule is O=C1CC(c2ccc3c(c2)OCCO3)c2c(c(O)c(O)c3c(=O)cc(-c4ccccc4)oc23)O1. The lowest BCUT2D eigenvalue weighted by Gasteiger charge is -2.27. The summed E-state index contributed by atoms with van der Waals surface area (Å²) in [6, 6.07) is 15.6. The van der Waals surface area contributed by atoms with Crippen molar-refractivity contribution in [2.75, 3.05) is 13.2 Å². The largest absolute Gasteiger partial charge is 0.504 e. The first kappa shape index (κ1) is 20.2.